The number of furan rings is 1. The predicted molar refractivity (Wildman–Crippen MR) is 60.9 cm³/mol. The predicted octanol–water partition coefficient (Wildman–Crippen LogP) is 2.20. The minimum atomic E-state index is -0.794. The molecule has 84 valence electrons. The number of hydrogen-bond donors (Lipinski definition) is 1. The van der Waals surface area contributed by atoms with E-state index in [0.29, 0.717) is 11.3 Å². The van der Waals surface area contributed by atoms with Crippen LogP contribution in [0, 0.1) is 0 Å². The van der Waals surface area contributed by atoms with Crippen molar-refractivity contribution in [2.24, 2.45) is 0 Å². The van der Waals surface area contributed by atoms with Crippen molar-refractivity contribution in [2.75, 3.05) is 5.32 Å². The van der Waals surface area contributed by atoms with Crippen LogP contribution in [0.25, 0.3) is 0 Å². The van der Waals surface area contributed by atoms with Gasteiger partial charge < -0.3 is 9.73 Å². The summed E-state index contributed by atoms with van der Waals surface area (Å²) in [5.41, 5.74) is 1.40. The number of Topliss-reactive ketones (excluding diaryl/α,β-unsaturated/α-hetero) is 1. The summed E-state index contributed by atoms with van der Waals surface area (Å²) in [5.74, 6) is -1.19. The van der Waals surface area contributed by atoms with Crippen LogP contribution in [0.5, 0.6) is 0 Å². The number of carbonyl (C=O) groups excluding carboxylic acids is 2. The number of nitrogens with one attached hydrogen (secondary N) is 1. The SMILES string of the molecule is O=C1Nc2ccccc2[C@@H]1C(=O)c1ccco1. The summed E-state index contributed by atoms with van der Waals surface area (Å²) in [7, 11) is 0. The molecule has 4 nitrogen and oxygen atoms in total. The largest absolute Gasteiger partial charge is 0.461 e. The first-order valence-electron chi connectivity index (χ1n) is 5.25. The van der Waals surface area contributed by atoms with Gasteiger partial charge in [0.25, 0.3) is 0 Å². The maximum absolute atomic E-state index is 12.1. The van der Waals surface area contributed by atoms with Crippen molar-refractivity contribution < 1.29 is 14.0 Å². The summed E-state index contributed by atoms with van der Waals surface area (Å²) >= 11 is 0. The Hall–Kier alpha value is -2.36. The molecule has 1 aromatic carbocycles. The number of hydrogen-bond acceptors (Lipinski definition) is 3. The van der Waals surface area contributed by atoms with Gasteiger partial charge in [0.05, 0.1) is 6.26 Å². The van der Waals surface area contributed by atoms with Crippen LogP contribution in [0.4, 0.5) is 5.69 Å². The molecular weight excluding hydrogens is 218 g/mol. The van der Waals surface area contributed by atoms with Crippen LogP contribution in [0.2, 0.25) is 0 Å². The zero-order valence-corrected chi connectivity index (χ0v) is 8.84. The minimum Gasteiger partial charge on any atom is -0.461 e. The van der Waals surface area contributed by atoms with Crippen LogP contribution in [0.1, 0.15) is 22.0 Å². The fraction of sp³-hybridized carbons (Fsp3) is 0.0769. The maximum Gasteiger partial charge on any atom is 0.240 e. The van der Waals surface area contributed by atoms with E-state index in [0.717, 1.165) is 0 Å². The molecule has 17 heavy (non-hydrogen) atoms. The lowest BCUT2D eigenvalue weighted by molar-refractivity contribution is -0.116. The van der Waals surface area contributed by atoms with E-state index in [4.69, 9.17) is 4.42 Å². The quantitative estimate of drug-likeness (QED) is 0.632. The standard InChI is InChI=1S/C13H9NO3/c15-12(10-6-3-7-17-10)11-8-4-1-2-5-9(8)14-13(11)16/h1-7,11H,(H,14,16)/t11-/m1/s1. The van der Waals surface area contributed by atoms with E-state index in [2.05, 4.69) is 5.32 Å². The molecule has 1 aliphatic heterocycles. The molecule has 1 aliphatic rings. The van der Waals surface area contributed by atoms with E-state index in [9.17, 15) is 9.59 Å². The third-order valence-electron chi connectivity index (χ3n) is 2.82. The molecule has 0 unspecified atom stereocenters. The van der Waals surface area contributed by atoms with Crippen molar-refractivity contribution in [3.8, 4) is 0 Å². The van der Waals surface area contributed by atoms with E-state index in [1.165, 1.54) is 6.26 Å². The second-order valence-electron chi connectivity index (χ2n) is 3.85. The lowest BCUT2D eigenvalue weighted by Gasteiger charge is -2.04. The highest BCUT2D eigenvalue weighted by atomic mass is 16.3. The Kier molecular flexibility index (Phi) is 2.08. The number of benzene rings is 1. The molecule has 0 saturated heterocycles. The van der Waals surface area contributed by atoms with Crippen LogP contribution in [0.15, 0.2) is 47.1 Å². The van der Waals surface area contributed by atoms with Gasteiger partial charge in [0.1, 0.15) is 5.92 Å². The third kappa shape index (κ3) is 1.45. The highest BCUT2D eigenvalue weighted by Gasteiger charge is 2.37. The zero-order valence-electron chi connectivity index (χ0n) is 8.84. The first-order valence-corrected chi connectivity index (χ1v) is 5.25. The summed E-state index contributed by atoms with van der Waals surface area (Å²) in [5, 5.41) is 2.69. The number of amides is 1. The molecule has 0 spiro atoms. The zero-order chi connectivity index (χ0) is 11.8. The van der Waals surface area contributed by atoms with E-state index in [1.54, 1.807) is 24.3 Å². The Morgan fingerprint density at radius 3 is 2.76 bits per heavy atom. The molecule has 0 aliphatic carbocycles. The molecule has 3 rings (SSSR count). The summed E-state index contributed by atoms with van der Waals surface area (Å²) in [6.45, 7) is 0. The first kappa shape index (κ1) is 9.84. The van der Waals surface area contributed by atoms with Gasteiger partial charge >= 0.3 is 0 Å². The first-order chi connectivity index (χ1) is 8.27. The van der Waals surface area contributed by atoms with Crippen LogP contribution in [-0.4, -0.2) is 11.7 Å². The van der Waals surface area contributed by atoms with Gasteiger partial charge in [0.15, 0.2) is 5.76 Å². The van der Waals surface area contributed by atoms with Crippen LogP contribution < -0.4 is 5.32 Å². The normalized spacial score (nSPS) is 17.6. The molecule has 0 radical (unpaired) electrons. The molecule has 2 aromatic rings. The number of fused-ring (bicyclic) bond motifs is 1. The van der Waals surface area contributed by atoms with Gasteiger partial charge in [-0.25, -0.2) is 0 Å². The van der Waals surface area contributed by atoms with E-state index in [-0.39, 0.29) is 17.5 Å². The second-order valence-corrected chi connectivity index (χ2v) is 3.85. The molecule has 0 fully saturated rings. The van der Waals surface area contributed by atoms with Gasteiger partial charge in [-0.15, -0.1) is 0 Å². The Balaban J connectivity index is 2.04. The van der Waals surface area contributed by atoms with Crippen molar-refractivity contribution in [1.29, 1.82) is 0 Å². The van der Waals surface area contributed by atoms with E-state index >= 15 is 0 Å². The Morgan fingerprint density at radius 2 is 2.00 bits per heavy atom. The summed E-state index contributed by atoms with van der Waals surface area (Å²) in [6, 6.07) is 10.4. The van der Waals surface area contributed by atoms with Gasteiger partial charge in [-0.1, -0.05) is 18.2 Å². The smallest absolute Gasteiger partial charge is 0.240 e. The van der Waals surface area contributed by atoms with Crippen molar-refractivity contribution in [3.05, 3.63) is 54.0 Å². The van der Waals surface area contributed by atoms with Gasteiger partial charge in [-0.05, 0) is 23.8 Å². The number of carbonyl (C=O) groups is 2. The average molecular weight is 227 g/mol. The maximum atomic E-state index is 12.1. The monoisotopic (exact) mass is 227 g/mol. The molecule has 1 N–H and O–H groups in total. The number of para-hydroxylation sites is 1. The van der Waals surface area contributed by atoms with Gasteiger partial charge in [-0.3, -0.25) is 9.59 Å². The Bertz CT molecular complexity index is 586. The molecule has 4 heteroatoms. The Morgan fingerprint density at radius 1 is 1.18 bits per heavy atom. The van der Waals surface area contributed by atoms with E-state index < -0.39 is 5.92 Å². The fourth-order valence-electron chi connectivity index (χ4n) is 2.03. The van der Waals surface area contributed by atoms with Gasteiger partial charge in [0, 0.05) is 5.69 Å². The molecule has 1 aromatic heterocycles. The fourth-order valence-corrected chi connectivity index (χ4v) is 2.03. The summed E-state index contributed by atoms with van der Waals surface area (Å²) in [4.78, 5) is 23.9. The van der Waals surface area contributed by atoms with Gasteiger partial charge in [0.2, 0.25) is 11.7 Å². The molecule has 1 amide bonds. The van der Waals surface area contributed by atoms with Gasteiger partial charge in [-0.2, -0.15) is 0 Å². The molecule has 0 saturated carbocycles. The van der Waals surface area contributed by atoms with Crippen molar-refractivity contribution >= 4 is 17.4 Å². The van der Waals surface area contributed by atoms with Crippen molar-refractivity contribution in [2.45, 2.75) is 5.92 Å². The van der Waals surface area contributed by atoms with Crippen molar-refractivity contribution in [3.63, 3.8) is 0 Å². The average Bonchev–Trinajstić information content (AvgIpc) is 2.94. The Labute approximate surface area is 97.2 Å². The summed E-state index contributed by atoms with van der Waals surface area (Å²) in [6.07, 6.45) is 1.42. The summed E-state index contributed by atoms with van der Waals surface area (Å²) < 4.78 is 5.04. The van der Waals surface area contributed by atoms with Crippen LogP contribution in [0.3, 0.4) is 0 Å². The number of rotatable bonds is 2. The number of ketones is 1. The van der Waals surface area contributed by atoms with Crippen molar-refractivity contribution in [1.82, 2.24) is 0 Å². The second kappa shape index (κ2) is 3.59. The molecule has 2 heterocycles. The third-order valence-corrected chi connectivity index (χ3v) is 2.82. The van der Waals surface area contributed by atoms with E-state index in [1.807, 2.05) is 12.1 Å². The van der Waals surface area contributed by atoms with Crippen LogP contribution >= 0.6 is 0 Å². The van der Waals surface area contributed by atoms with Crippen LogP contribution in [-0.2, 0) is 4.79 Å². The lowest BCUT2D eigenvalue weighted by atomic mass is 9.95. The number of anilines is 1. The lowest BCUT2D eigenvalue weighted by Crippen LogP contribution is -2.20. The highest BCUT2D eigenvalue weighted by Crippen LogP contribution is 2.34. The highest BCUT2D eigenvalue weighted by molar-refractivity contribution is 6.20. The molecule has 1 atom stereocenters. The molecular formula is C13H9NO3. The minimum absolute atomic E-state index is 0.210. The topological polar surface area (TPSA) is 59.3 Å². The molecule has 0 bridgehead atoms.